The van der Waals surface area contributed by atoms with Crippen molar-refractivity contribution >= 4 is 11.5 Å². The predicted octanol–water partition coefficient (Wildman–Crippen LogP) is 3.30. The molecule has 0 atom stereocenters. The van der Waals surface area contributed by atoms with Crippen molar-refractivity contribution in [3.05, 3.63) is 66.5 Å². The first kappa shape index (κ1) is 13.5. The highest BCUT2D eigenvalue weighted by Crippen LogP contribution is 2.18. The maximum Gasteiger partial charge on any atom is 0.157 e. The van der Waals surface area contributed by atoms with E-state index in [0.717, 1.165) is 34.0 Å². The Hall–Kier alpha value is -3.15. The SMILES string of the molecule is Cc1cc(NCc2ccc(-c3ccoc3)nc2)n2nccc2n1. The molecule has 0 spiro atoms. The van der Waals surface area contributed by atoms with Crippen LogP contribution in [0.25, 0.3) is 16.9 Å². The Labute approximate surface area is 132 Å². The van der Waals surface area contributed by atoms with Crippen molar-refractivity contribution in [3.8, 4) is 11.3 Å². The van der Waals surface area contributed by atoms with Crippen LogP contribution in [0.4, 0.5) is 5.82 Å². The van der Waals surface area contributed by atoms with E-state index in [4.69, 9.17) is 4.42 Å². The van der Waals surface area contributed by atoms with Gasteiger partial charge in [-0.25, -0.2) is 4.98 Å². The molecule has 6 heteroatoms. The topological polar surface area (TPSA) is 68.2 Å². The minimum Gasteiger partial charge on any atom is -0.472 e. The maximum absolute atomic E-state index is 5.08. The first-order chi connectivity index (χ1) is 11.3. The van der Waals surface area contributed by atoms with Crippen molar-refractivity contribution in [3.63, 3.8) is 0 Å². The minimum absolute atomic E-state index is 0.664. The van der Waals surface area contributed by atoms with Crippen LogP contribution >= 0.6 is 0 Å². The van der Waals surface area contributed by atoms with Gasteiger partial charge in [0.2, 0.25) is 0 Å². The fourth-order valence-corrected chi connectivity index (χ4v) is 2.47. The second kappa shape index (κ2) is 5.57. The molecule has 114 valence electrons. The Kier molecular flexibility index (Phi) is 3.27. The highest BCUT2D eigenvalue weighted by Gasteiger charge is 2.05. The molecule has 4 aromatic heterocycles. The highest BCUT2D eigenvalue weighted by molar-refractivity contribution is 5.57. The Balaban J connectivity index is 1.53. The van der Waals surface area contributed by atoms with Gasteiger partial charge in [0.15, 0.2) is 5.65 Å². The van der Waals surface area contributed by atoms with Crippen LogP contribution in [0.3, 0.4) is 0 Å². The van der Waals surface area contributed by atoms with Gasteiger partial charge in [-0.3, -0.25) is 4.98 Å². The number of aromatic nitrogens is 4. The molecule has 0 fully saturated rings. The van der Waals surface area contributed by atoms with Gasteiger partial charge in [-0.1, -0.05) is 6.07 Å². The van der Waals surface area contributed by atoms with E-state index in [9.17, 15) is 0 Å². The molecule has 0 aliphatic rings. The van der Waals surface area contributed by atoms with Gasteiger partial charge in [-0.15, -0.1) is 0 Å². The van der Waals surface area contributed by atoms with Crippen LogP contribution in [0, 0.1) is 6.92 Å². The Bertz CT molecular complexity index is 925. The first-order valence-corrected chi connectivity index (χ1v) is 7.32. The van der Waals surface area contributed by atoms with E-state index in [1.807, 2.05) is 37.4 Å². The van der Waals surface area contributed by atoms with Gasteiger partial charge < -0.3 is 9.73 Å². The second-order valence-electron chi connectivity index (χ2n) is 5.30. The van der Waals surface area contributed by atoms with Crippen molar-refractivity contribution in [2.75, 3.05) is 5.32 Å². The summed E-state index contributed by atoms with van der Waals surface area (Å²) in [6.07, 6.45) is 6.94. The van der Waals surface area contributed by atoms with Crippen molar-refractivity contribution in [2.45, 2.75) is 13.5 Å². The van der Waals surface area contributed by atoms with Crippen LogP contribution < -0.4 is 5.32 Å². The van der Waals surface area contributed by atoms with Crippen LogP contribution in [-0.4, -0.2) is 19.6 Å². The third-order valence-corrected chi connectivity index (χ3v) is 3.60. The standard InChI is InChI=1S/C17H15N5O/c1-12-8-17(22-16(21-12)4-6-20-22)19-10-13-2-3-15(18-9-13)14-5-7-23-11-14/h2-9,11,19H,10H2,1H3. The number of nitrogens with zero attached hydrogens (tertiary/aromatic N) is 4. The summed E-state index contributed by atoms with van der Waals surface area (Å²) in [6.45, 7) is 2.64. The summed E-state index contributed by atoms with van der Waals surface area (Å²) in [4.78, 5) is 8.90. The number of anilines is 1. The molecule has 6 nitrogen and oxygen atoms in total. The Morgan fingerprint density at radius 1 is 1.22 bits per heavy atom. The average Bonchev–Trinajstić information content (AvgIpc) is 3.24. The zero-order valence-electron chi connectivity index (χ0n) is 12.6. The number of fused-ring (bicyclic) bond motifs is 1. The molecular weight excluding hydrogens is 290 g/mol. The van der Waals surface area contributed by atoms with Crippen LogP contribution in [0.15, 0.2) is 59.7 Å². The molecule has 0 aromatic carbocycles. The third-order valence-electron chi connectivity index (χ3n) is 3.60. The van der Waals surface area contributed by atoms with Crippen molar-refractivity contribution in [1.82, 2.24) is 19.6 Å². The Morgan fingerprint density at radius 3 is 2.96 bits per heavy atom. The monoisotopic (exact) mass is 305 g/mol. The largest absolute Gasteiger partial charge is 0.472 e. The zero-order chi connectivity index (χ0) is 15.6. The highest BCUT2D eigenvalue weighted by atomic mass is 16.3. The molecule has 4 heterocycles. The Morgan fingerprint density at radius 2 is 2.17 bits per heavy atom. The number of hydrogen-bond donors (Lipinski definition) is 1. The number of furan rings is 1. The van der Waals surface area contributed by atoms with Gasteiger partial charge >= 0.3 is 0 Å². The molecule has 0 saturated heterocycles. The van der Waals surface area contributed by atoms with Crippen LogP contribution in [-0.2, 0) is 6.54 Å². The van der Waals surface area contributed by atoms with Gasteiger partial charge in [0.25, 0.3) is 0 Å². The molecule has 0 aliphatic heterocycles. The quantitative estimate of drug-likeness (QED) is 0.626. The van der Waals surface area contributed by atoms with Gasteiger partial charge in [-0.05, 0) is 24.6 Å². The molecule has 0 unspecified atom stereocenters. The fourth-order valence-electron chi connectivity index (χ4n) is 2.47. The van der Waals surface area contributed by atoms with Gasteiger partial charge in [0.05, 0.1) is 24.4 Å². The van der Waals surface area contributed by atoms with Crippen LogP contribution in [0.2, 0.25) is 0 Å². The lowest BCUT2D eigenvalue weighted by Gasteiger charge is -2.09. The van der Waals surface area contributed by atoms with E-state index >= 15 is 0 Å². The molecule has 4 rings (SSSR count). The molecule has 4 aromatic rings. The molecular formula is C17H15N5O. The lowest BCUT2D eigenvalue weighted by Crippen LogP contribution is -2.06. The van der Waals surface area contributed by atoms with E-state index < -0.39 is 0 Å². The summed E-state index contributed by atoms with van der Waals surface area (Å²) < 4.78 is 6.87. The van der Waals surface area contributed by atoms with Crippen molar-refractivity contribution < 1.29 is 4.42 Å². The van der Waals surface area contributed by atoms with Gasteiger partial charge in [-0.2, -0.15) is 9.61 Å². The summed E-state index contributed by atoms with van der Waals surface area (Å²) in [5.41, 5.74) is 4.76. The van der Waals surface area contributed by atoms with Crippen molar-refractivity contribution in [1.29, 1.82) is 0 Å². The molecule has 0 radical (unpaired) electrons. The average molecular weight is 305 g/mol. The normalized spacial score (nSPS) is 11.0. The van der Waals surface area contributed by atoms with E-state index in [1.54, 1.807) is 23.2 Å². The molecule has 0 saturated carbocycles. The molecule has 1 N–H and O–H groups in total. The van der Waals surface area contributed by atoms with Crippen LogP contribution in [0.1, 0.15) is 11.3 Å². The van der Waals surface area contributed by atoms with E-state index in [-0.39, 0.29) is 0 Å². The smallest absolute Gasteiger partial charge is 0.157 e. The summed E-state index contributed by atoms with van der Waals surface area (Å²) in [5.74, 6) is 0.913. The maximum atomic E-state index is 5.08. The first-order valence-electron chi connectivity index (χ1n) is 7.32. The van der Waals surface area contributed by atoms with E-state index in [2.05, 4.69) is 26.4 Å². The number of pyridine rings is 1. The molecule has 0 bridgehead atoms. The summed E-state index contributed by atoms with van der Waals surface area (Å²) in [7, 11) is 0. The molecule has 0 aliphatic carbocycles. The van der Waals surface area contributed by atoms with E-state index in [1.165, 1.54) is 0 Å². The summed E-state index contributed by atoms with van der Waals surface area (Å²) in [6, 6.07) is 9.81. The van der Waals surface area contributed by atoms with Gasteiger partial charge in [0.1, 0.15) is 5.82 Å². The summed E-state index contributed by atoms with van der Waals surface area (Å²) in [5, 5.41) is 7.67. The van der Waals surface area contributed by atoms with E-state index in [0.29, 0.717) is 6.54 Å². The van der Waals surface area contributed by atoms with Crippen molar-refractivity contribution in [2.24, 2.45) is 0 Å². The van der Waals surface area contributed by atoms with Crippen LogP contribution in [0.5, 0.6) is 0 Å². The molecule has 0 amide bonds. The fraction of sp³-hybridized carbons (Fsp3) is 0.118. The summed E-state index contributed by atoms with van der Waals surface area (Å²) >= 11 is 0. The lowest BCUT2D eigenvalue weighted by molar-refractivity contribution is 0.568. The number of aryl methyl sites for hydroxylation is 1. The third kappa shape index (κ3) is 2.66. The number of hydrogen-bond acceptors (Lipinski definition) is 5. The number of rotatable bonds is 4. The predicted molar refractivity (Wildman–Crippen MR) is 87.0 cm³/mol. The second-order valence-corrected chi connectivity index (χ2v) is 5.30. The minimum atomic E-state index is 0.664. The molecule has 23 heavy (non-hydrogen) atoms. The van der Waals surface area contributed by atoms with Gasteiger partial charge in [0, 0.05) is 36.1 Å². The lowest BCUT2D eigenvalue weighted by atomic mass is 10.2. The zero-order valence-corrected chi connectivity index (χ0v) is 12.6. The number of nitrogens with one attached hydrogen (secondary N) is 1.